The summed E-state index contributed by atoms with van der Waals surface area (Å²) in [4.78, 5) is 14.2. The lowest BCUT2D eigenvalue weighted by Crippen LogP contribution is -2.04. The van der Waals surface area contributed by atoms with Crippen molar-refractivity contribution >= 4 is 17.8 Å². The molecule has 2 aromatic rings. The van der Waals surface area contributed by atoms with Gasteiger partial charge in [0, 0.05) is 22.8 Å². The topological polar surface area (TPSA) is 59.4 Å². The summed E-state index contributed by atoms with van der Waals surface area (Å²) in [7, 11) is 0. The Labute approximate surface area is 102 Å². The van der Waals surface area contributed by atoms with Crippen molar-refractivity contribution in [1.29, 1.82) is 0 Å². The summed E-state index contributed by atoms with van der Waals surface area (Å²) in [6, 6.07) is 10.5. The van der Waals surface area contributed by atoms with Gasteiger partial charge < -0.3 is 9.84 Å². The normalized spacial score (nSPS) is 9.94. The summed E-state index contributed by atoms with van der Waals surface area (Å²) >= 11 is 5.78. The Bertz CT molecular complexity index is 522. The first-order valence-electron chi connectivity index (χ1n) is 4.78. The maximum Gasteiger partial charge on any atom is 0.512 e. The number of hydrogen-bond acceptors (Lipinski definition) is 3. The first kappa shape index (κ1) is 11.4. The zero-order chi connectivity index (χ0) is 12.3. The van der Waals surface area contributed by atoms with Crippen LogP contribution in [0.1, 0.15) is 0 Å². The number of carbonyl (C=O) groups is 1. The Kier molecular flexibility index (Phi) is 3.25. The molecule has 0 amide bonds. The van der Waals surface area contributed by atoms with Crippen LogP contribution in [-0.4, -0.2) is 16.2 Å². The maximum absolute atomic E-state index is 10.3. The minimum Gasteiger partial charge on any atom is -0.449 e. The lowest BCUT2D eigenvalue weighted by atomic mass is 10.1. The molecule has 0 saturated carbocycles. The van der Waals surface area contributed by atoms with Gasteiger partial charge in [-0.2, -0.15) is 0 Å². The molecule has 5 heteroatoms. The van der Waals surface area contributed by atoms with Gasteiger partial charge in [0.1, 0.15) is 0 Å². The van der Waals surface area contributed by atoms with Gasteiger partial charge in [-0.25, -0.2) is 9.78 Å². The summed E-state index contributed by atoms with van der Waals surface area (Å²) in [5.74, 6) is 0.0511. The van der Waals surface area contributed by atoms with Crippen LogP contribution in [-0.2, 0) is 0 Å². The number of carboxylic acid groups (broad SMARTS) is 1. The van der Waals surface area contributed by atoms with E-state index in [2.05, 4.69) is 9.72 Å². The molecule has 17 heavy (non-hydrogen) atoms. The minimum atomic E-state index is -1.38. The third-order valence-electron chi connectivity index (χ3n) is 2.11. The maximum atomic E-state index is 10.3. The van der Waals surface area contributed by atoms with Crippen LogP contribution in [0.25, 0.3) is 11.1 Å². The van der Waals surface area contributed by atoms with Crippen LogP contribution < -0.4 is 4.74 Å². The molecule has 0 fully saturated rings. The average Bonchev–Trinajstić information content (AvgIpc) is 2.30. The summed E-state index contributed by atoms with van der Waals surface area (Å²) in [5.41, 5.74) is 1.81. The summed E-state index contributed by atoms with van der Waals surface area (Å²) in [6.07, 6.45) is 0.165. The molecule has 0 atom stereocenters. The molecule has 1 aromatic carbocycles. The van der Waals surface area contributed by atoms with Gasteiger partial charge in [-0.15, -0.1) is 0 Å². The molecular formula is C12H8ClNO3. The predicted molar refractivity (Wildman–Crippen MR) is 63.3 cm³/mol. The van der Waals surface area contributed by atoms with Gasteiger partial charge in [-0.1, -0.05) is 23.7 Å². The van der Waals surface area contributed by atoms with E-state index < -0.39 is 6.16 Å². The van der Waals surface area contributed by atoms with E-state index in [1.54, 1.807) is 24.4 Å². The van der Waals surface area contributed by atoms with Gasteiger partial charge in [0.25, 0.3) is 0 Å². The molecule has 0 unspecified atom stereocenters. The van der Waals surface area contributed by atoms with Gasteiger partial charge in [0.15, 0.2) is 0 Å². The fourth-order valence-corrected chi connectivity index (χ4v) is 1.47. The molecule has 4 nitrogen and oxygen atoms in total. The van der Waals surface area contributed by atoms with E-state index in [1.165, 1.54) is 6.07 Å². The third kappa shape index (κ3) is 2.95. The molecule has 1 aromatic heterocycles. The van der Waals surface area contributed by atoms with Gasteiger partial charge >= 0.3 is 6.16 Å². The molecule has 0 radical (unpaired) electrons. The standard InChI is InChI=1S/C12H8ClNO3/c13-10-4-1-8(2-5-10)9-3-6-11(14-7-9)17-12(15)16/h1-7H,(H,15,16). The number of benzene rings is 1. The molecular weight excluding hydrogens is 242 g/mol. The zero-order valence-electron chi connectivity index (χ0n) is 8.63. The van der Waals surface area contributed by atoms with Gasteiger partial charge in [-0.05, 0) is 23.8 Å². The highest BCUT2D eigenvalue weighted by Crippen LogP contribution is 2.22. The molecule has 0 aliphatic heterocycles. The quantitative estimate of drug-likeness (QED) is 0.828. The molecule has 86 valence electrons. The lowest BCUT2D eigenvalue weighted by molar-refractivity contribution is 0.142. The van der Waals surface area contributed by atoms with Crippen LogP contribution in [0, 0.1) is 0 Å². The lowest BCUT2D eigenvalue weighted by Gasteiger charge is -2.02. The Hall–Kier alpha value is -2.07. The third-order valence-corrected chi connectivity index (χ3v) is 2.36. The number of ether oxygens (including phenoxy) is 1. The smallest absolute Gasteiger partial charge is 0.449 e. The van der Waals surface area contributed by atoms with E-state index in [-0.39, 0.29) is 5.88 Å². The Morgan fingerprint density at radius 1 is 1.12 bits per heavy atom. The second-order valence-corrected chi connectivity index (χ2v) is 3.70. The van der Waals surface area contributed by atoms with Gasteiger partial charge in [0.2, 0.25) is 5.88 Å². The highest BCUT2D eigenvalue weighted by Gasteiger charge is 2.03. The molecule has 0 aliphatic rings. The van der Waals surface area contributed by atoms with Crippen molar-refractivity contribution < 1.29 is 14.6 Å². The first-order chi connectivity index (χ1) is 8.15. The zero-order valence-corrected chi connectivity index (χ0v) is 9.39. The van der Waals surface area contributed by atoms with Crippen LogP contribution in [0.5, 0.6) is 5.88 Å². The molecule has 0 bridgehead atoms. The molecule has 0 spiro atoms. The van der Waals surface area contributed by atoms with Crippen molar-refractivity contribution in [3.63, 3.8) is 0 Å². The largest absolute Gasteiger partial charge is 0.512 e. The average molecular weight is 250 g/mol. The second-order valence-electron chi connectivity index (χ2n) is 3.26. The van der Waals surface area contributed by atoms with Crippen molar-refractivity contribution in [3.05, 3.63) is 47.6 Å². The molecule has 1 heterocycles. The Balaban J connectivity index is 2.23. The van der Waals surface area contributed by atoms with Crippen LogP contribution in [0.4, 0.5) is 4.79 Å². The van der Waals surface area contributed by atoms with E-state index in [1.807, 2.05) is 12.1 Å². The Morgan fingerprint density at radius 3 is 2.29 bits per heavy atom. The van der Waals surface area contributed by atoms with Crippen molar-refractivity contribution in [2.75, 3.05) is 0 Å². The minimum absolute atomic E-state index is 0.0511. The fourth-order valence-electron chi connectivity index (χ4n) is 1.34. The fraction of sp³-hybridized carbons (Fsp3) is 0. The second kappa shape index (κ2) is 4.84. The highest BCUT2D eigenvalue weighted by atomic mass is 35.5. The van der Waals surface area contributed by atoms with E-state index in [4.69, 9.17) is 16.7 Å². The molecule has 2 rings (SSSR count). The van der Waals surface area contributed by atoms with Gasteiger partial charge in [0.05, 0.1) is 0 Å². The van der Waals surface area contributed by atoms with Gasteiger partial charge in [-0.3, -0.25) is 0 Å². The SMILES string of the molecule is O=C(O)Oc1ccc(-c2ccc(Cl)cc2)cn1. The number of rotatable bonds is 2. The number of nitrogens with zero attached hydrogens (tertiary/aromatic N) is 1. The summed E-state index contributed by atoms with van der Waals surface area (Å²) < 4.78 is 4.41. The van der Waals surface area contributed by atoms with E-state index in [0.29, 0.717) is 5.02 Å². The molecule has 0 saturated heterocycles. The van der Waals surface area contributed by atoms with E-state index in [9.17, 15) is 4.79 Å². The van der Waals surface area contributed by atoms with Crippen molar-refractivity contribution in [3.8, 4) is 17.0 Å². The van der Waals surface area contributed by atoms with Crippen molar-refractivity contribution in [2.45, 2.75) is 0 Å². The number of pyridine rings is 1. The molecule has 0 aliphatic carbocycles. The van der Waals surface area contributed by atoms with E-state index >= 15 is 0 Å². The Morgan fingerprint density at radius 2 is 1.76 bits per heavy atom. The summed E-state index contributed by atoms with van der Waals surface area (Å²) in [5, 5.41) is 9.07. The van der Waals surface area contributed by atoms with Crippen LogP contribution in [0.15, 0.2) is 42.6 Å². The number of hydrogen-bond donors (Lipinski definition) is 1. The van der Waals surface area contributed by atoms with E-state index in [0.717, 1.165) is 11.1 Å². The monoisotopic (exact) mass is 249 g/mol. The summed E-state index contributed by atoms with van der Waals surface area (Å²) in [6.45, 7) is 0. The predicted octanol–water partition coefficient (Wildman–Crippen LogP) is 3.46. The van der Waals surface area contributed by atoms with Crippen LogP contribution in [0.3, 0.4) is 0 Å². The highest BCUT2D eigenvalue weighted by molar-refractivity contribution is 6.30. The van der Waals surface area contributed by atoms with Crippen molar-refractivity contribution in [1.82, 2.24) is 4.98 Å². The number of aromatic nitrogens is 1. The van der Waals surface area contributed by atoms with Crippen LogP contribution >= 0.6 is 11.6 Å². The molecule has 1 N–H and O–H groups in total. The van der Waals surface area contributed by atoms with Crippen molar-refractivity contribution in [2.24, 2.45) is 0 Å². The van der Waals surface area contributed by atoms with Crippen LogP contribution in [0.2, 0.25) is 5.02 Å². The number of halogens is 1. The first-order valence-corrected chi connectivity index (χ1v) is 5.16.